The van der Waals surface area contributed by atoms with E-state index in [1.807, 2.05) is 13.8 Å². The van der Waals surface area contributed by atoms with Crippen molar-refractivity contribution in [3.05, 3.63) is 129 Å². The summed E-state index contributed by atoms with van der Waals surface area (Å²) in [7, 11) is 18.1. The summed E-state index contributed by atoms with van der Waals surface area (Å²) >= 11 is -6.16. The molecule has 4 aromatic carbocycles. The number of benzene rings is 4. The number of carbonyl (C=O) groups is 2. The van der Waals surface area contributed by atoms with Crippen molar-refractivity contribution in [2.45, 2.75) is 115 Å². The van der Waals surface area contributed by atoms with Crippen molar-refractivity contribution >= 4 is 45.5 Å². The van der Waals surface area contributed by atoms with Crippen molar-refractivity contribution in [2.75, 3.05) is 0 Å². The average Bonchev–Trinajstić information content (AvgIpc) is 3.81. The van der Waals surface area contributed by atoms with Gasteiger partial charge in [0.1, 0.15) is 0 Å². The fourth-order valence-corrected chi connectivity index (χ4v) is 30.7. The van der Waals surface area contributed by atoms with Gasteiger partial charge < -0.3 is 0 Å². The van der Waals surface area contributed by atoms with E-state index < -0.39 is 27.9 Å². The van der Waals surface area contributed by atoms with Crippen molar-refractivity contribution in [1.29, 1.82) is 0 Å². The SMILES string of the molecule is CCCc1ccccc1-c1cccc2c1C=C(C(C)(C)C)[CH]2[Zr]([Cl])([Cl])([B](NC(=O)CC)NC(=O)CC)[CH]1C(C(C)(C)C)=Cc2c(-c3ccccc3CCC)cccc21. The molecule has 2 unspecified atom stereocenters. The molecule has 2 N–H and O–H groups in total. The van der Waals surface area contributed by atoms with Gasteiger partial charge in [-0.25, -0.2) is 0 Å². The van der Waals surface area contributed by atoms with E-state index in [0.29, 0.717) is 0 Å². The molecule has 0 heterocycles. The van der Waals surface area contributed by atoms with Gasteiger partial charge in [0, 0.05) is 0 Å². The second-order valence-corrected chi connectivity index (χ2v) is 39.9. The van der Waals surface area contributed by atoms with Crippen LogP contribution in [0.2, 0.25) is 0 Å². The van der Waals surface area contributed by atoms with Crippen LogP contribution in [0.3, 0.4) is 0 Å². The molecule has 0 radical (unpaired) electrons. The summed E-state index contributed by atoms with van der Waals surface area (Å²) in [5.41, 5.74) is 13.2. The molecular formula is C50H62BCl2N2O2Zr. The Labute approximate surface area is 356 Å². The first-order valence-electron chi connectivity index (χ1n) is 21.4. The molecule has 0 fully saturated rings. The zero-order valence-electron chi connectivity index (χ0n) is 36.3. The third kappa shape index (κ3) is 8.04. The van der Waals surface area contributed by atoms with Crippen LogP contribution in [-0.4, -0.2) is 16.3 Å². The van der Waals surface area contributed by atoms with Crippen LogP contribution in [0.25, 0.3) is 34.4 Å². The first-order valence-corrected chi connectivity index (χ1v) is 32.0. The monoisotopic (exact) mass is 893 g/mol. The number of carbonyl (C=O) groups excluding carboxylic acids is 2. The second kappa shape index (κ2) is 17.1. The van der Waals surface area contributed by atoms with Gasteiger partial charge in [0.2, 0.25) is 0 Å². The van der Waals surface area contributed by atoms with Gasteiger partial charge in [0.05, 0.1) is 0 Å². The summed E-state index contributed by atoms with van der Waals surface area (Å²) in [4.78, 5) is 27.7. The second-order valence-electron chi connectivity index (χ2n) is 18.5. The first-order chi connectivity index (χ1) is 27.4. The van der Waals surface area contributed by atoms with E-state index in [4.69, 9.17) is 17.0 Å². The normalized spacial score (nSPS) is 17.1. The number of rotatable bonds is 13. The molecule has 2 aliphatic rings. The van der Waals surface area contributed by atoms with Crippen molar-refractivity contribution in [2.24, 2.45) is 10.8 Å². The van der Waals surface area contributed by atoms with E-state index in [1.165, 1.54) is 22.3 Å². The Balaban J connectivity index is 1.76. The topological polar surface area (TPSA) is 58.2 Å². The van der Waals surface area contributed by atoms with Gasteiger partial charge in [0.25, 0.3) is 0 Å². The molecule has 2 aliphatic carbocycles. The Hall–Kier alpha value is -3.17. The van der Waals surface area contributed by atoms with Gasteiger partial charge >= 0.3 is 359 Å². The van der Waals surface area contributed by atoms with Gasteiger partial charge in [-0.15, -0.1) is 0 Å². The molecule has 0 saturated heterocycles. The number of nitrogens with one attached hydrogen (secondary N) is 2. The predicted octanol–water partition coefficient (Wildman–Crippen LogP) is 13.6. The Morgan fingerprint density at radius 1 is 0.569 bits per heavy atom. The maximum absolute atomic E-state index is 13.9. The van der Waals surface area contributed by atoms with E-state index >= 15 is 0 Å². The maximum atomic E-state index is 13.9. The Morgan fingerprint density at radius 3 is 1.28 bits per heavy atom. The van der Waals surface area contributed by atoms with Crippen LogP contribution in [0.4, 0.5) is 0 Å². The molecule has 0 saturated carbocycles. The van der Waals surface area contributed by atoms with Gasteiger partial charge in [0.15, 0.2) is 0 Å². The number of halogens is 2. The molecule has 58 heavy (non-hydrogen) atoms. The summed E-state index contributed by atoms with van der Waals surface area (Å²) in [6.45, 7) is 21.5. The minimum atomic E-state index is -6.16. The molecule has 0 aliphatic heterocycles. The van der Waals surface area contributed by atoms with Crippen molar-refractivity contribution in [3.8, 4) is 22.3 Å². The predicted molar refractivity (Wildman–Crippen MR) is 246 cm³/mol. The average molecular weight is 896 g/mol. The molecule has 0 spiro atoms. The van der Waals surface area contributed by atoms with Gasteiger partial charge in [-0.05, 0) is 0 Å². The number of hydrogen-bond acceptors (Lipinski definition) is 2. The van der Waals surface area contributed by atoms with Crippen LogP contribution < -0.4 is 10.5 Å². The molecule has 6 rings (SSSR count). The summed E-state index contributed by atoms with van der Waals surface area (Å²) in [5, 5.41) is 6.64. The molecule has 2 atom stereocenters. The van der Waals surface area contributed by atoms with Crippen LogP contribution in [-0.2, 0) is 38.6 Å². The first kappa shape index (κ1) is 44.4. The van der Waals surface area contributed by atoms with E-state index in [9.17, 15) is 9.59 Å². The summed E-state index contributed by atoms with van der Waals surface area (Å²) in [5.74, 6) is -0.405. The Kier molecular flexibility index (Phi) is 13.1. The van der Waals surface area contributed by atoms with Crippen LogP contribution in [0.1, 0.15) is 136 Å². The third-order valence-corrected chi connectivity index (χ3v) is 32.1. The minimum absolute atomic E-state index is 0.202. The molecule has 305 valence electrons. The van der Waals surface area contributed by atoms with Gasteiger partial charge in [-0.2, -0.15) is 0 Å². The van der Waals surface area contributed by atoms with E-state index in [0.717, 1.165) is 70.2 Å². The van der Waals surface area contributed by atoms with Crippen LogP contribution in [0.5, 0.6) is 0 Å². The molecule has 0 aromatic heterocycles. The third-order valence-electron chi connectivity index (χ3n) is 12.4. The van der Waals surface area contributed by atoms with Crippen molar-refractivity contribution in [3.63, 3.8) is 0 Å². The number of hydrogen-bond donors (Lipinski definition) is 2. The van der Waals surface area contributed by atoms with Crippen molar-refractivity contribution < 1.29 is 25.8 Å². The zero-order valence-corrected chi connectivity index (χ0v) is 40.3. The quantitative estimate of drug-likeness (QED) is 0.131. The van der Waals surface area contributed by atoms with E-state index in [-0.39, 0.29) is 35.5 Å². The number of allylic oxidation sites excluding steroid dienone is 2. The molecular weight excluding hydrogens is 834 g/mol. The van der Waals surface area contributed by atoms with Gasteiger partial charge in [-0.3, -0.25) is 0 Å². The molecule has 2 amide bonds. The molecule has 8 heteroatoms. The van der Waals surface area contributed by atoms with Crippen LogP contribution >= 0.6 is 17.0 Å². The van der Waals surface area contributed by atoms with Crippen molar-refractivity contribution in [1.82, 2.24) is 10.5 Å². The van der Waals surface area contributed by atoms with E-state index in [2.05, 4.69) is 163 Å². The summed E-state index contributed by atoms with van der Waals surface area (Å²) in [6.07, 6.45) is 9.14. The molecule has 0 bridgehead atoms. The van der Waals surface area contributed by atoms with Crippen LogP contribution in [0.15, 0.2) is 96.1 Å². The van der Waals surface area contributed by atoms with E-state index in [1.54, 1.807) is 0 Å². The fourth-order valence-electron chi connectivity index (χ4n) is 9.64. The zero-order chi connectivity index (χ0) is 42.2. The summed E-state index contributed by atoms with van der Waals surface area (Å²) in [6, 6.07) is 30.5. The number of amides is 2. The standard InChI is InChI=1S/2C22H25.C6H11BN2O2.2ClH.Zr/c2*1-5-9-16-10-6-7-12-19(16)20-13-8-11-17-14-18(15-21(17)20)22(2,3)4;1-3-5(10)8-7-9-6(11)4-2;;;/h2*6-8,10-15H,5,9H2,1-4H3;3-4H2,1-2H3,(H-,8,9,10,11);2*1H;/q;;;;;+1/p-1. The number of aryl methyl sites for hydroxylation is 2. The Morgan fingerprint density at radius 2 is 0.931 bits per heavy atom. The van der Waals surface area contributed by atoms with Gasteiger partial charge in [-0.1, -0.05) is 0 Å². The molecule has 4 nitrogen and oxygen atoms in total. The number of fused-ring (bicyclic) bond motifs is 2. The van der Waals surface area contributed by atoms with Crippen LogP contribution in [0, 0.1) is 10.8 Å². The molecule has 4 aromatic rings. The summed E-state index contributed by atoms with van der Waals surface area (Å²) < 4.78 is -1.91. The fraction of sp³-hybridized carbons (Fsp3) is 0.400. The Bertz CT molecular complexity index is 2130.